The monoisotopic (exact) mass is 380 g/mol. The molecule has 1 aromatic rings. The number of hydrogen-bond donors (Lipinski definition) is 1. The second-order valence-corrected chi connectivity index (χ2v) is 4.79. The lowest BCUT2D eigenvalue weighted by molar-refractivity contribution is -0.671. The third-order valence-electron chi connectivity index (χ3n) is 3.08. The molecule has 0 spiro atoms. The maximum atomic E-state index is 5.03. The molecule has 19 heavy (non-hydrogen) atoms. The minimum atomic E-state index is 0. The summed E-state index contributed by atoms with van der Waals surface area (Å²) in [7, 11) is 3.81. The van der Waals surface area contributed by atoms with Crippen molar-refractivity contribution in [1.29, 1.82) is 0 Å². The van der Waals surface area contributed by atoms with Gasteiger partial charge in [-0.1, -0.05) is 25.7 Å². The Kier molecular flexibility index (Phi) is 12.4. The molecule has 0 fully saturated rings. The molecule has 1 heterocycles. The van der Waals surface area contributed by atoms with Crippen LogP contribution in [0.4, 0.5) is 5.69 Å². The summed E-state index contributed by atoms with van der Waals surface area (Å²) in [5, 5.41) is 3.45. The first kappa shape index (κ1) is 18.6. The summed E-state index contributed by atoms with van der Waals surface area (Å²) in [6, 6.07) is 4.23. The van der Waals surface area contributed by atoms with Crippen LogP contribution in [0.5, 0.6) is 0 Å². The quantitative estimate of drug-likeness (QED) is 0.333. The summed E-state index contributed by atoms with van der Waals surface area (Å²) >= 11 is 0. The zero-order chi connectivity index (χ0) is 13.1. The molecule has 0 aromatic carbocycles. The Hall–Kier alpha value is -0.360. The van der Waals surface area contributed by atoms with Gasteiger partial charge < -0.3 is 10.1 Å². The number of rotatable bonds is 10. The van der Waals surface area contributed by atoms with Crippen molar-refractivity contribution in [3.05, 3.63) is 24.5 Å². The van der Waals surface area contributed by atoms with Gasteiger partial charge in [-0.15, -0.1) is 0 Å². The molecule has 0 aliphatic heterocycles. The van der Waals surface area contributed by atoms with Gasteiger partial charge in [-0.2, -0.15) is 0 Å². The normalized spacial score (nSPS) is 10.0. The number of anilines is 1. The van der Waals surface area contributed by atoms with Crippen molar-refractivity contribution in [1.82, 2.24) is 0 Å². The molecule has 1 aromatic heterocycles. The largest absolute Gasteiger partial charge is 0.385 e. The molecule has 0 bridgehead atoms. The fraction of sp³-hybridized carbons (Fsp3) is 0.667. The van der Waals surface area contributed by atoms with Crippen molar-refractivity contribution in [2.75, 3.05) is 25.6 Å². The number of aryl methyl sites for hydroxylation is 1. The highest BCUT2D eigenvalue weighted by Crippen LogP contribution is 2.07. The van der Waals surface area contributed by atoms with Crippen molar-refractivity contribution in [3.8, 4) is 0 Å². The molecule has 0 aliphatic carbocycles. The lowest BCUT2D eigenvalue weighted by Gasteiger charge is -2.05. The number of aromatic nitrogens is 1. The molecular weight excluding hydrogens is 351 g/mol. The van der Waals surface area contributed by atoms with Gasteiger partial charge in [0.15, 0.2) is 12.4 Å². The molecule has 0 radical (unpaired) electrons. The van der Waals surface area contributed by atoms with E-state index < -0.39 is 0 Å². The Morgan fingerprint density at radius 3 is 2.21 bits per heavy atom. The second kappa shape index (κ2) is 12.7. The molecule has 4 heteroatoms. The Labute approximate surface area is 134 Å². The fourth-order valence-corrected chi connectivity index (χ4v) is 1.93. The molecule has 0 saturated carbocycles. The summed E-state index contributed by atoms with van der Waals surface area (Å²) in [5.74, 6) is 0. The lowest BCUT2D eigenvalue weighted by atomic mass is 10.1. The van der Waals surface area contributed by atoms with E-state index in [1.54, 1.807) is 7.11 Å². The van der Waals surface area contributed by atoms with Crippen LogP contribution < -0.4 is 33.9 Å². The molecule has 1 N–H and O–H groups in total. The molecule has 110 valence electrons. The number of hydrogen-bond acceptors (Lipinski definition) is 2. The summed E-state index contributed by atoms with van der Waals surface area (Å²) in [5.41, 5.74) is 1.22. The number of ether oxygens (including phenoxy) is 1. The van der Waals surface area contributed by atoms with Crippen molar-refractivity contribution in [2.24, 2.45) is 7.05 Å². The Balaban J connectivity index is 0.00000324. The third-order valence-corrected chi connectivity index (χ3v) is 3.08. The van der Waals surface area contributed by atoms with Crippen LogP contribution in [-0.4, -0.2) is 20.3 Å². The van der Waals surface area contributed by atoms with E-state index in [0.29, 0.717) is 0 Å². The number of methoxy groups -OCH3 is 1. The van der Waals surface area contributed by atoms with Crippen LogP contribution in [0.25, 0.3) is 0 Å². The van der Waals surface area contributed by atoms with Crippen molar-refractivity contribution >= 4 is 5.69 Å². The van der Waals surface area contributed by atoms with Crippen LogP contribution in [-0.2, 0) is 11.8 Å². The van der Waals surface area contributed by atoms with E-state index in [-0.39, 0.29) is 24.0 Å². The first-order valence-corrected chi connectivity index (χ1v) is 7.01. The second-order valence-electron chi connectivity index (χ2n) is 4.79. The minimum absolute atomic E-state index is 0. The molecule has 3 nitrogen and oxygen atoms in total. The highest BCUT2D eigenvalue weighted by molar-refractivity contribution is 5.39. The van der Waals surface area contributed by atoms with E-state index in [0.717, 1.165) is 13.2 Å². The molecule has 0 amide bonds. The van der Waals surface area contributed by atoms with E-state index >= 15 is 0 Å². The zero-order valence-corrected chi connectivity index (χ0v) is 14.8. The number of nitrogens with zero attached hydrogens (tertiary/aromatic N) is 1. The predicted molar refractivity (Wildman–Crippen MR) is 78.5 cm³/mol. The molecule has 0 unspecified atom stereocenters. The topological polar surface area (TPSA) is 25.1 Å². The maximum Gasteiger partial charge on any atom is 0.235 e. The minimum Gasteiger partial charge on any atom is -0.385 e. The van der Waals surface area contributed by atoms with E-state index in [2.05, 4.69) is 29.8 Å². The van der Waals surface area contributed by atoms with Gasteiger partial charge in [0.1, 0.15) is 7.05 Å². The fourth-order valence-electron chi connectivity index (χ4n) is 1.93. The highest BCUT2D eigenvalue weighted by Gasteiger charge is 1.95. The maximum absolute atomic E-state index is 5.03. The smallest absolute Gasteiger partial charge is 0.235 e. The lowest BCUT2D eigenvalue weighted by Crippen LogP contribution is -3.00. The number of nitrogens with one attached hydrogen (secondary N) is 1. The number of pyridine rings is 1. The van der Waals surface area contributed by atoms with E-state index in [1.165, 1.54) is 44.2 Å². The first-order valence-electron chi connectivity index (χ1n) is 7.01. The van der Waals surface area contributed by atoms with Crippen LogP contribution in [0.2, 0.25) is 0 Å². The Morgan fingerprint density at radius 2 is 1.58 bits per heavy atom. The van der Waals surface area contributed by atoms with Crippen LogP contribution >= 0.6 is 0 Å². The van der Waals surface area contributed by atoms with Crippen molar-refractivity contribution in [2.45, 2.75) is 38.5 Å². The van der Waals surface area contributed by atoms with E-state index in [9.17, 15) is 0 Å². The molecule has 0 aliphatic rings. The average molecular weight is 380 g/mol. The SMILES string of the molecule is COCCCCCCCCNc1cc[n+](C)cc1.[IH2+]. The standard InChI is InChI=1S/C15H26N2O.H2I/c1-17-12-9-15(10-13-17)16-11-7-5-3-4-6-8-14-18-2;/h9-10,12-13H,3-8,11,14H2,1-2H3;1H2/q;+1/p+1. The summed E-state index contributed by atoms with van der Waals surface area (Å²) in [4.78, 5) is 0. The van der Waals surface area contributed by atoms with Gasteiger partial charge in [0.2, 0.25) is 24.0 Å². The predicted octanol–water partition coefficient (Wildman–Crippen LogP) is -0.621. The molecule has 1 rings (SSSR count). The summed E-state index contributed by atoms with van der Waals surface area (Å²) in [6.07, 6.45) is 11.9. The Bertz CT molecular complexity index is 304. The highest BCUT2D eigenvalue weighted by atomic mass is 127. The van der Waals surface area contributed by atoms with E-state index in [4.69, 9.17) is 4.74 Å². The molecule has 0 atom stereocenters. The van der Waals surface area contributed by atoms with E-state index in [1.807, 2.05) is 11.6 Å². The summed E-state index contributed by atoms with van der Waals surface area (Å²) in [6.45, 7) is 1.98. The van der Waals surface area contributed by atoms with Crippen LogP contribution in [0.3, 0.4) is 0 Å². The van der Waals surface area contributed by atoms with Crippen LogP contribution in [0, 0.1) is 0 Å². The van der Waals surface area contributed by atoms with Crippen LogP contribution in [0.1, 0.15) is 38.5 Å². The van der Waals surface area contributed by atoms with Gasteiger partial charge in [0, 0.05) is 38.1 Å². The van der Waals surface area contributed by atoms with Gasteiger partial charge in [-0.3, -0.25) is 0 Å². The average Bonchev–Trinajstić information content (AvgIpc) is 2.39. The number of unbranched alkanes of at least 4 members (excludes halogenated alkanes) is 5. The zero-order valence-electron chi connectivity index (χ0n) is 12.3. The number of halogens is 1. The molecule has 0 saturated heterocycles. The van der Waals surface area contributed by atoms with Gasteiger partial charge in [0.25, 0.3) is 0 Å². The van der Waals surface area contributed by atoms with Crippen LogP contribution in [0.15, 0.2) is 24.5 Å². The summed E-state index contributed by atoms with van der Waals surface area (Å²) < 4.78 is 7.08. The van der Waals surface area contributed by atoms with Gasteiger partial charge in [-0.25, -0.2) is 4.57 Å². The first-order chi connectivity index (χ1) is 8.83. The third kappa shape index (κ3) is 10.1. The molecular formula is C15H29IN2O+2. The van der Waals surface area contributed by atoms with Gasteiger partial charge in [0.05, 0.1) is 0 Å². The van der Waals surface area contributed by atoms with Gasteiger partial charge in [-0.05, 0) is 12.8 Å². The van der Waals surface area contributed by atoms with Gasteiger partial charge >= 0.3 is 0 Å². The Morgan fingerprint density at radius 1 is 1.00 bits per heavy atom. The van der Waals surface area contributed by atoms with Crippen molar-refractivity contribution in [3.63, 3.8) is 0 Å². The van der Waals surface area contributed by atoms with Crippen molar-refractivity contribution < 1.29 is 33.3 Å².